The first kappa shape index (κ1) is 21.3. The molecule has 1 aliphatic rings. The molecule has 3 aromatic rings. The van der Waals surface area contributed by atoms with Gasteiger partial charge >= 0.3 is 0 Å². The van der Waals surface area contributed by atoms with Crippen LogP contribution in [0.4, 0.5) is 0 Å². The quantitative estimate of drug-likeness (QED) is 0.513. The summed E-state index contributed by atoms with van der Waals surface area (Å²) in [6.45, 7) is 1.27. The topological polar surface area (TPSA) is 98.3 Å². The van der Waals surface area contributed by atoms with Gasteiger partial charge in [0.15, 0.2) is 6.10 Å². The number of hydrogen-bond donors (Lipinski definition) is 3. The van der Waals surface area contributed by atoms with Crippen LogP contribution in [-0.4, -0.2) is 57.0 Å². The van der Waals surface area contributed by atoms with Crippen molar-refractivity contribution >= 4 is 34.3 Å². The Bertz CT molecular complexity index is 1060. The van der Waals surface area contributed by atoms with Gasteiger partial charge in [-0.15, -0.1) is 0 Å². The Hall–Kier alpha value is -2.90. The minimum atomic E-state index is -1.33. The molecule has 0 radical (unpaired) electrons. The van der Waals surface area contributed by atoms with Gasteiger partial charge in [-0.1, -0.05) is 41.9 Å². The molecule has 2 atom stereocenters. The fourth-order valence-corrected chi connectivity index (χ4v) is 4.12. The number of amides is 2. The Morgan fingerprint density at radius 3 is 2.65 bits per heavy atom. The molecule has 3 N–H and O–H groups in total. The lowest BCUT2D eigenvalue weighted by Crippen LogP contribution is -2.53. The molecule has 0 aliphatic carbocycles. The van der Waals surface area contributed by atoms with Crippen molar-refractivity contribution in [3.8, 4) is 0 Å². The normalized spacial score (nSPS) is 16.1. The van der Waals surface area contributed by atoms with Crippen LogP contribution in [0.15, 0.2) is 48.7 Å². The number of rotatable bonds is 6. The largest absolute Gasteiger partial charge is 0.381 e. The molecular weight excluding hydrogens is 416 g/mol. The van der Waals surface area contributed by atoms with E-state index in [4.69, 9.17) is 11.6 Å². The second kappa shape index (κ2) is 9.49. The highest BCUT2D eigenvalue weighted by Crippen LogP contribution is 2.19. The van der Waals surface area contributed by atoms with E-state index in [0.29, 0.717) is 35.9 Å². The van der Waals surface area contributed by atoms with Gasteiger partial charge in [0.25, 0.3) is 11.8 Å². The average Bonchev–Trinajstić information content (AvgIpc) is 3.22. The summed E-state index contributed by atoms with van der Waals surface area (Å²) in [7, 11) is 0. The van der Waals surface area contributed by atoms with Gasteiger partial charge in [0.1, 0.15) is 10.8 Å². The maximum Gasteiger partial charge on any atom is 0.268 e. The fraction of sp³-hybridized carbons (Fsp3) is 0.348. The highest BCUT2D eigenvalue weighted by atomic mass is 35.5. The molecule has 31 heavy (non-hydrogen) atoms. The van der Waals surface area contributed by atoms with Gasteiger partial charge in [-0.25, -0.2) is 4.98 Å². The zero-order valence-electron chi connectivity index (χ0n) is 17.1. The molecule has 1 aliphatic heterocycles. The molecule has 4 rings (SSSR count). The Morgan fingerprint density at radius 1 is 1.16 bits per heavy atom. The molecule has 162 valence electrons. The average molecular weight is 441 g/mol. The number of piperidine rings is 1. The molecule has 0 spiro atoms. The van der Waals surface area contributed by atoms with Gasteiger partial charge in [0, 0.05) is 18.5 Å². The van der Waals surface area contributed by atoms with Gasteiger partial charge in [0.05, 0.1) is 17.8 Å². The molecule has 2 aromatic heterocycles. The van der Waals surface area contributed by atoms with Crippen LogP contribution in [0.25, 0.3) is 10.9 Å². The second-order valence-corrected chi connectivity index (χ2v) is 8.26. The van der Waals surface area contributed by atoms with E-state index < -0.39 is 18.1 Å². The zero-order valence-corrected chi connectivity index (χ0v) is 17.8. The van der Waals surface area contributed by atoms with Crippen molar-refractivity contribution in [2.45, 2.75) is 37.8 Å². The smallest absolute Gasteiger partial charge is 0.268 e. The molecule has 0 saturated carbocycles. The number of aromatic nitrogens is 2. The Morgan fingerprint density at radius 2 is 1.90 bits per heavy atom. The third-order valence-corrected chi connectivity index (χ3v) is 5.84. The summed E-state index contributed by atoms with van der Waals surface area (Å²) in [6.07, 6.45) is 3.51. The summed E-state index contributed by atoms with van der Waals surface area (Å²) in [5.41, 5.74) is 1.92. The van der Waals surface area contributed by atoms with E-state index in [9.17, 15) is 14.7 Å². The summed E-state index contributed by atoms with van der Waals surface area (Å²) in [6, 6.07) is 12.1. The fourth-order valence-electron chi connectivity index (χ4n) is 3.96. The Labute approximate surface area is 185 Å². The van der Waals surface area contributed by atoms with Crippen molar-refractivity contribution in [1.29, 1.82) is 0 Å². The van der Waals surface area contributed by atoms with E-state index in [0.717, 1.165) is 30.2 Å². The van der Waals surface area contributed by atoms with Crippen molar-refractivity contribution < 1.29 is 14.7 Å². The number of likely N-dealkylation sites (tertiary alicyclic amines) is 1. The summed E-state index contributed by atoms with van der Waals surface area (Å²) in [5.74, 6) is -0.743. The Kier molecular flexibility index (Phi) is 6.53. The van der Waals surface area contributed by atoms with E-state index in [1.165, 1.54) is 0 Å². The van der Waals surface area contributed by atoms with Gasteiger partial charge in [0.2, 0.25) is 0 Å². The molecular formula is C23H25ClN4O3. The number of fused-ring (bicyclic) bond motifs is 1. The number of aliphatic hydroxyl groups is 1. The number of carbonyl (C=O) groups excluding carboxylic acids is 2. The van der Waals surface area contributed by atoms with Crippen molar-refractivity contribution in [3.63, 3.8) is 0 Å². The standard InChI is InChI=1S/C23H25ClN4O3/c24-20-13-16-12-18(26-19(16)14-25-20)22(30)27-17(11-15-7-3-1-4-8-15)21(29)23(31)28-9-5-2-6-10-28/h1,3-4,7-8,12-14,17,21,26,29H,2,5-6,9-11H2,(H,27,30)/t17?,21-/m0/s1. The summed E-state index contributed by atoms with van der Waals surface area (Å²) >= 11 is 5.93. The number of hydrogen-bond acceptors (Lipinski definition) is 4. The number of halogens is 1. The third-order valence-electron chi connectivity index (χ3n) is 5.63. The predicted octanol–water partition coefficient (Wildman–Crippen LogP) is 2.93. The van der Waals surface area contributed by atoms with E-state index in [1.54, 1.807) is 23.2 Å². The van der Waals surface area contributed by atoms with Crippen LogP contribution in [0.3, 0.4) is 0 Å². The number of nitrogens with one attached hydrogen (secondary N) is 2. The summed E-state index contributed by atoms with van der Waals surface area (Å²) in [5, 5.41) is 14.9. The predicted molar refractivity (Wildman–Crippen MR) is 119 cm³/mol. The van der Waals surface area contributed by atoms with Crippen LogP contribution in [0.1, 0.15) is 35.3 Å². The minimum Gasteiger partial charge on any atom is -0.381 e. The van der Waals surface area contributed by atoms with Crippen molar-refractivity contribution in [2.75, 3.05) is 13.1 Å². The van der Waals surface area contributed by atoms with Crippen molar-refractivity contribution in [1.82, 2.24) is 20.2 Å². The number of carbonyl (C=O) groups is 2. The lowest BCUT2D eigenvalue weighted by atomic mass is 9.99. The van der Waals surface area contributed by atoms with Gasteiger partial charge in [-0.2, -0.15) is 0 Å². The van der Waals surface area contributed by atoms with Crippen LogP contribution in [0.5, 0.6) is 0 Å². The van der Waals surface area contributed by atoms with Crippen LogP contribution < -0.4 is 5.32 Å². The monoisotopic (exact) mass is 440 g/mol. The van der Waals surface area contributed by atoms with Crippen LogP contribution in [-0.2, 0) is 11.2 Å². The number of nitrogens with zero attached hydrogens (tertiary/aromatic N) is 2. The van der Waals surface area contributed by atoms with Crippen LogP contribution in [0.2, 0.25) is 5.15 Å². The first-order chi connectivity index (χ1) is 15.0. The molecule has 1 fully saturated rings. The highest BCUT2D eigenvalue weighted by molar-refractivity contribution is 6.30. The first-order valence-corrected chi connectivity index (χ1v) is 10.8. The molecule has 0 bridgehead atoms. The van der Waals surface area contributed by atoms with Crippen LogP contribution in [0, 0.1) is 0 Å². The second-order valence-electron chi connectivity index (χ2n) is 7.88. The maximum atomic E-state index is 13.0. The number of aromatic amines is 1. The number of H-pyrrole nitrogens is 1. The van der Waals surface area contributed by atoms with Gasteiger partial charge in [-0.3, -0.25) is 9.59 Å². The summed E-state index contributed by atoms with van der Waals surface area (Å²) < 4.78 is 0. The van der Waals surface area contributed by atoms with Crippen molar-refractivity contribution in [2.24, 2.45) is 0 Å². The molecule has 3 heterocycles. The molecule has 1 unspecified atom stereocenters. The van der Waals surface area contributed by atoms with Crippen molar-refractivity contribution in [3.05, 3.63) is 65.1 Å². The zero-order chi connectivity index (χ0) is 21.8. The van der Waals surface area contributed by atoms with E-state index in [-0.39, 0.29) is 5.91 Å². The highest BCUT2D eigenvalue weighted by Gasteiger charge is 2.32. The molecule has 8 heteroatoms. The SMILES string of the molecule is O=C(NC(Cc1ccccc1)[C@H](O)C(=O)N1CCCCC1)c1cc2cc(Cl)ncc2[nH]1. The number of pyridine rings is 1. The van der Waals surface area contributed by atoms with E-state index in [1.807, 2.05) is 30.3 Å². The van der Waals surface area contributed by atoms with Crippen LogP contribution >= 0.6 is 11.6 Å². The maximum absolute atomic E-state index is 13.0. The minimum absolute atomic E-state index is 0.315. The molecule has 1 aromatic carbocycles. The molecule has 2 amide bonds. The first-order valence-electron chi connectivity index (χ1n) is 10.5. The Balaban J connectivity index is 1.55. The summed E-state index contributed by atoms with van der Waals surface area (Å²) in [4.78, 5) is 34.6. The number of benzene rings is 1. The third kappa shape index (κ3) is 5.06. The van der Waals surface area contributed by atoms with E-state index >= 15 is 0 Å². The van der Waals surface area contributed by atoms with Gasteiger partial charge in [-0.05, 0) is 43.4 Å². The van der Waals surface area contributed by atoms with E-state index in [2.05, 4.69) is 15.3 Å². The lowest BCUT2D eigenvalue weighted by Gasteiger charge is -2.32. The molecule has 7 nitrogen and oxygen atoms in total. The van der Waals surface area contributed by atoms with Gasteiger partial charge < -0.3 is 20.3 Å². The lowest BCUT2D eigenvalue weighted by molar-refractivity contribution is -0.142. The number of aliphatic hydroxyl groups excluding tert-OH is 1. The molecule has 1 saturated heterocycles.